The molecule has 0 aliphatic carbocycles. The first-order chi connectivity index (χ1) is 8.74. The van der Waals surface area contributed by atoms with Gasteiger partial charge in [0.05, 0.1) is 5.52 Å². The van der Waals surface area contributed by atoms with Crippen LogP contribution in [0.2, 0.25) is 0 Å². The first kappa shape index (κ1) is 10.8. The van der Waals surface area contributed by atoms with Crippen molar-refractivity contribution in [3.8, 4) is 0 Å². The van der Waals surface area contributed by atoms with Gasteiger partial charge in [-0.2, -0.15) is 5.10 Å². The molecule has 0 saturated heterocycles. The number of fused-ring (bicyclic) bond motifs is 1. The highest BCUT2D eigenvalue weighted by molar-refractivity contribution is 5.84. The maximum Gasteiger partial charge on any atom is 0.126 e. The second-order valence-electron chi connectivity index (χ2n) is 4.25. The zero-order chi connectivity index (χ0) is 12.5. The molecule has 0 spiro atoms. The third-order valence-electron chi connectivity index (χ3n) is 2.98. The molecular formula is C14H12FN3. The summed E-state index contributed by atoms with van der Waals surface area (Å²) >= 11 is 0. The van der Waals surface area contributed by atoms with Gasteiger partial charge in [0.15, 0.2) is 0 Å². The fourth-order valence-corrected chi connectivity index (χ4v) is 2.05. The number of nitrogens with zero attached hydrogens (tertiary/aromatic N) is 1. The second kappa shape index (κ2) is 4.14. The minimum Gasteiger partial charge on any atom is -0.399 e. The number of halogens is 1. The van der Waals surface area contributed by atoms with E-state index in [1.807, 2.05) is 18.2 Å². The maximum atomic E-state index is 13.6. The summed E-state index contributed by atoms with van der Waals surface area (Å²) in [6.45, 7) is 0. The van der Waals surface area contributed by atoms with E-state index in [1.165, 1.54) is 6.07 Å². The number of nitrogens with two attached hydrogens (primary N) is 1. The highest BCUT2D eigenvalue weighted by Crippen LogP contribution is 2.21. The molecule has 90 valence electrons. The number of rotatable bonds is 2. The lowest BCUT2D eigenvalue weighted by Gasteiger charge is -2.01. The number of nitrogen functional groups attached to an aromatic ring is 1. The van der Waals surface area contributed by atoms with Crippen LogP contribution < -0.4 is 5.73 Å². The Bertz CT molecular complexity index is 703. The van der Waals surface area contributed by atoms with Gasteiger partial charge in [-0.3, -0.25) is 5.10 Å². The highest BCUT2D eigenvalue weighted by atomic mass is 19.1. The van der Waals surface area contributed by atoms with Gasteiger partial charge in [-0.1, -0.05) is 18.2 Å². The van der Waals surface area contributed by atoms with Crippen molar-refractivity contribution < 1.29 is 4.39 Å². The quantitative estimate of drug-likeness (QED) is 0.678. The van der Waals surface area contributed by atoms with Gasteiger partial charge in [0.25, 0.3) is 0 Å². The lowest BCUT2D eigenvalue weighted by Crippen LogP contribution is -1.93. The Hall–Kier alpha value is -2.36. The maximum absolute atomic E-state index is 13.6. The van der Waals surface area contributed by atoms with Gasteiger partial charge in [-0.15, -0.1) is 0 Å². The standard InChI is InChI=1S/C14H12FN3/c15-12-4-2-1-3-9(12)7-13-11-6-5-10(16)8-14(11)18-17-13/h1-6,8H,7,16H2,(H,17,18). The minimum absolute atomic E-state index is 0.198. The van der Waals surface area contributed by atoms with E-state index in [0.29, 0.717) is 17.7 Å². The van der Waals surface area contributed by atoms with Crippen LogP contribution >= 0.6 is 0 Å². The summed E-state index contributed by atoms with van der Waals surface area (Å²) < 4.78 is 13.6. The third-order valence-corrected chi connectivity index (χ3v) is 2.98. The number of nitrogens with one attached hydrogen (secondary N) is 1. The van der Waals surface area contributed by atoms with E-state index >= 15 is 0 Å². The van der Waals surface area contributed by atoms with E-state index in [4.69, 9.17) is 5.73 Å². The molecule has 3 N–H and O–H groups in total. The van der Waals surface area contributed by atoms with Crippen molar-refractivity contribution in [3.05, 3.63) is 59.5 Å². The number of aromatic amines is 1. The zero-order valence-electron chi connectivity index (χ0n) is 9.65. The van der Waals surface area contributed by atoms with Crippen LogP contribution in [0, 0.1) is 5.82 Å². The van der Waals surface area contributed by atoms with Crippen LogP contribution in [0.3, 0.4) is 0 Å². The van der Waals surface area contributed by atoms with Crippen LogP contribution in [0.15, 0.2) is 42.5 Å². The van der Waals surface area contributed by atoms with Crippen molar-refractivity contribution in [2.45, 2.75) is 6.42 Å². The van der Waals surface area contributed by atoms with E-state index in [-0.39, 0.29) is 5.82 Å². The Labute approximate surface area is 103 Å². The van der Waals surface area contributed by atoms with Gasteiger partial charge in [0.2, 0.25) is 0 Å². The summed E-state index contributed by atoms with van der Waals surface area (Å²) in [5.41, 5.74) is 8.73. The Morgan fingerprint density at radius 1 is 1.17 bits per heavy atom. The van der Waals surface area contributed by atoms with Crippen molar-refractivity contribution in [1.82, 2.24) is 10.2 Å². The molecule has 18 heavy (non-hydrogen) atoms. The topological polar surface area (TPSA) is 54.7 Å². The summed E-state index contributed by atoms with van der Waals surface area (Å²) in [5.74, 6) is -0.198. The lowest BCUT2D eigenvalue weighted by atomic mass is 10.1. The van der Waals surface area contributed by atoms with Crippen LogP contribution in [-0.4, -0.2) is 10.2 Å². The highest BCUT2D eigenvalue weighted by Gasteiger charge is 2.08. The molecule has 0 aliphatic heterocycles. The van der Waals surface area contributed by atoms with Crippen molar-refractivity contribution in [3.63, 3.8) is 0 Å². The molecule has 0 atom stereocenters. The molecule has 0 bridgehead atoms. The zero-order valence-corrected chi connectivity index (χ0v) is 9.65. The number of aromatic nitrogens is 2. The fraction of sp³-hybridized carbons (Fsp3) is 0.0714. The van der Waals surface area contributed by atoms with Gasteiger partial charge >= 0.3 is 0 Å². The fourth-order valence-electron chi connectivity index (χ4n) is 2.05. The predicted octanol–water partition coefficient (Wildman–Crippen LogP) is 2.88. The van der Waals surface area contributed by atoms with Crippen molar-refractivity contribution in [2.24, 2.45) is 0 Å². The molecule has 1 heterocycles. The van der Waals surface area contributed by atoms with Crippen LogP contribution in [0.4, 0.5) is 10.1 Å². The SMILES string of the molecule is Nc1ccc2c(Cc3ccccc3F)[nH]nc2c1. The van der Waals surface area contributed by atoms with E-state index < -0.39 is 0 Å². The largest absolute Gasteiger partial charge is 0.399 e. The lowest BCUT2D eigenvalue weighted by molar-refractivity contribution is 0.613. The van der Waals surface area contributed by atoms with Crippen LogP contribution in [0.25, 0.3) is 10.9 Å². The smallest absolute Gasteiger partial charge is 0.126 e. The minimum atomic E-state index is -0.198. The van der Waals surface area contributed by atoms with Crippen LogP contribution in [0.1, 0.15) is 11.3 Å². The molecule has 0 radical (unpaired) electrons. The van der Waals surface area contributed by atoms with E-state index in [0.717, 1.165) is 16.6 Å². The number of H-pyrrole nitrogens is 1. The number of benzene rings is 2. The van der Waals surface area contributed by atoms with Gasteiger partial charge in [-0.05, 0) is 29.8 Å². The van der Waals surface area contributed by atoms with Crippen molar-refractivity contribution >= 4 is 16.6 Å². The molecule has 0 saturated carbocycles. The monoisotopic (exact) mass is 241 g/mol. The Balaban J connectivity index is 2.03. The van der Waals surface area contributed by atoms with Gasteiger partial charge < -0.3 is 5.73 Å². The van der Waals surface area contributed by atoms with E-state index in [2.05, 4.69) is 10.2 Å². The molecule has 3 aromatic rings. The number of hydrogen-bond acceptors (Lipinski definition) is 2. The molecule has 4 heteroatoms. The summed E-state index contributed by atoms with van der Waals surface area (Å²) in [6, 6.07) is 12.3. The Morgan fingerprint density at radius 3 is 2.83 bits per heavy atom. The normalized spacial score (nSPS) is 10.9. The average Bonchev–Trinajstić information content (AvgIpc) is 2.74. The summed E-state index contributed by atoms with van der Waals surface area (Å²) in [7, 11) is 0. The molecule has 3 rings (SSSR count). The molecule has 0 amide bonds. The summed E-state index contributed by atoms with van der Waals surface area (Å²) in [5, 5.41) is 8.10. The molecule has 0 fully saturated rings. The molecule has 0 unspecified atom stereocenters. The van der Waals surface area contributed by atoms with Gasteiger partial charge in [-0.25, -0.2) is 4.39 Å². The molecule has 0 aliphatic rings. The Morgan fingerprint density at radius 2 is 2.00 bits per heavy atom. The van der Waals surface area contributed by atoms with E-state index in [9.17, 15) is 4.39 Å². The van der Waals surface area contributed by atoms with E-state index in [1.54, 1.807) is 18.2 Å². The molecule has 3 nitrogen and oxygen atoms in total. The second-order valence-corrected chi connectivity index (χ2v) is 4.25. The molecular weight excluding hydrogens is 229 g/mol. The number of anilines is 1. The third kappa shape index (κ3) is 1.82. The first-order valence-corrected chi connectivity index (χ1v) is 5.70. The number of hydrogen-bond donors (Lipinski definition) is 2. The predicted molar refractivity (Wildman–Crippen MR) is 69.7 cm³/mol. The average molecular weight is 241 g/mol. The summed E-state index contributed by atoms with van der Waals surface area (Å²) in [4.78, 5) is 0. The Kier molecular flexibility index (Phi) is 2.48. The molecule has 1 aromatic heterocycles. The van der Waals surface area contributed by atoms with Gasteiger partial charge in [0, 0.05) is 23.2 Å². The van der Waals surface area contributed by atoms with Crippen molar-refractivity contribution in [1.29, 1.82) is 0 Å². The first-order valence-electron chi connectivity index (χ1n) is 5.70. The van der Waals surface area contributed by atoms with Crippen LogP contribution in [0.5, 0.6) is 0 Å². The molecule has 2 aromatic carbocycles. The van der Waals surface area contributed by atoms with Crippen molar-refractivity contribution in [2.75, 3.05) is 5.73 Å². The van der Waals surface area contributed by atoms with Gasteiger partial charge in [0.1, 0.15) is 5.82 Å². The summed E-state index contributed by atoms with van der Waals surface area (Å²) in [6.07, 6.45) is 0.493. The van der Waals surface area contributed by atoms with Crippen LogP contribution in [-0.2, 0) is 6.42 Å².